The highest BCUT2D eigenvalue weighted by Gasteiger charge is 2.37. The third-order valence-electron chi connectivity index (χ3n) is 4.94. The summed E-state index contributed by atoms with van der Waals surface area (Å²) in [6.07, 6.45) is 1.29. The summed E-state index contributed by atoms with van der Waals surface area (Å²) in [6, 6.07) is 15.6. The number of anilines is 2. The van der Waals surface area contributed by atoms with Gasteiger partial charge in [0.15, 0.2) is 6.61 Å². The Balaban J connectivity index is 1.57. The van der Waals surface area contributed by atoms with Crippen LogP contribution >= 0.6 is 31.9 Å². The van der Waals surface area contributed by atoms with Crippen LogP contribution in [0.3, 0.4) is 0 Å². The minimum Gasteiger partial charge on any atom is -0.483 e. The van der Waals surface area contributed by atoms with E-state index in [1.54, 1.807) is 42.5 Å². The van der Waals surface area contributed by atoms with Gasteiger partial charge in [-0.05, 0) is 72.8 Å². The maximum absolute atomic E-state index is 13.1. The van der Waals surface area contributed by atoms with Crippen LogP contribution in [0, 0.1) is 5.82 Å². The third-order valence-corrected chi connectivity index (χ3v) is 5.97. The van der Waals surface area contributed by atoms with Crippen LogP contribution in [0.4, 0.5) is 20.6 Å². The van der Waals surface area contributed by atoms with E-state index in [9.17, 15) is 23.6 Å². The molecule has 0 unspecified atom stereocenters. The summed E-state index contributed by atoms with van der Waals surface area (Å²) in [5, 5.41) is 4.74. The predicted molar refractivity (Wildman–Crippen MR) is 138 cm³/mol. The Kier molecular flexibility index (Phi) is 7.61. The number of urea groups is 1. The average Bonchev–Trinajstić information content (AvgIpc) is 2.84. The topological polar surface area (TPSA) is 105 Å². The minimum atomic E-state index is -0.868. The van der Waals surface area contributed by atoms with Gasteiger partial charge in [0.25, 0.3) is 17.7 Å². The lowest BCUT2D eigenvalue weighted by Gasteiger charge is -2.26. The Bertz CT molecular complexity index is 1390. The van der Waals surface area contributed by atoms with Crippen molar-refractivity contribution in [2.75, 3.05) is 16.8 Å². The highest BCUT2D eigenvalue weighted by Crippen LogP contribution is 2.28. The number of amides is 5. The molecule has 4 rings (SSSR count). The lowest BCUT2D eigenvalue weighted by Crippen LogP contribution is -2.54. The van der Waals surface area contributed by atoms with Gasteiger partial charge in [-0.2, -0.15) is 0 Å². The lowest BCUT2D eigenvalue weighted by atomic mass is 10.1. The van der Waals surface area contributed by atoms with Crippen molar-refractivity contribution in [2.45, 2.75) is 0 Å². The summed E-state index contributed by atoms with van der Waals surface area (Å²) in [6.45, 7) is -0.390. The first-order valence-corrected chi connectivity index (χ1v) is 11.9. The number of barbiturate groups is 1. The van der Waals surface area contributed by atoms with Gasteiger partial charge in [-0.25, -0.2) is 14.1 Å². The van der Waals surface area contributed by atoms with Crippen molar-refractivity contribution >= 4 is 73.1 Å². The highest BCUT2D eigenvalue weighted by atomic mass is 79.9. The standard InChI is InChI=1S/C25H16Br2FN3O5/c26-15-1-8-19(9-2-15)31-24(34)20(23(33)30-25(31)35)12-14-11-16(27)3-10-21(14)36-13-22(32)29-18-6-4-17(28)5-7-18/h1-12H,13H2,(H,29,32)(H,30,33,35)/b20-12+. The lowest BCUT2D eigenvalue weighted by molar-refractivity contribution is -0.122. The molecule has 1 aliphatic heterocycles. The number of benzene rings is 3. The van der Waals surface area contributed by atoms with Gasteiger partial charge in [0.2, 0.25) is 0 Å². The number of hydrogen-bond donors (Lipinski definition) is 2. The van der Waals surface area contributed by atoms with Crippen LogP contribution in [-0.4, -0.2) is 30.4 Å². The Morgan fingerprint density at radius 2 is 1.64 bits per heavy atom. The van der Waals surface area contributed by atoms with Crippen molar-refractivity contribution < 1.29 is 28.3 Å². The zero-order valence-corrected chi connectivity index (χ0v) is 21.4. The molecule has 1 fully saturated rings. The number of nitrogens with one attached hydrogen (secondary N) is 2. The zero-order chi connectivity index (χ0) is 25.8. The molecule has 1 saturated heterocycles. The van der Waals surface area contributed by atoms with Gasteiger partial charge in [0.1, 0.15) is 17.1 Å². The van der Waals surface area contributed by atoms with Gasteiger partial charge in [-0.3, -0.25) is 19.7 Å². The Hall–Kier alpha value is -3.83. The molecule has 2 N–H and O–H groups in total. The molecule has 0 saturated carbocycles. The summed E-state index contributed by atoms with van der Waals surface area (Å²) >= 11 is 6.63. The molecule has 0 atom stereocenters. The molecule has 0 radical (unpaired) electrons. The summed E-state index contributed by atoms with van der Waals surface area (Å²) in [7, 11) is 0. The largest absolute Gasteiger partial charge is 0.483 e. The number of rotatable bonds is 6. The number of halogens is 3. The molecule has 1 aliphatic rings. The molecule has 1 heterocycles. The van der Waals surface area contributed by atoms with Crippen molar-refractivity contribution in [1.29, 1.82) is 0 Å². The van der Waals surface area contributed by atoms with E-state index in [-0.39, 0.29) is 17.0 Å². The molecule has 36 heavy (non-hydrogen) atoms. The number of imide groups is 2. The maximum Gasteiger partial charge on any atom is 0.335 e. The first-order valence-electron chi connectivity index (χ1n) is 10.4. The van der Waals surface area contributed by atoms with E-state index < -0.39 is 36.2 Å². The third kappa shape index (κ3) is 5.86. The fourth-order valence-electron chi connectivity index (χ4n) is 3.27. The van der Waals surface area contributed by atoms with Gasteiger partial charge < -0.3 is 10.1 Å². The van der Waals surface area contributed by atoms with E-state index in [1.807, 2.05) is 0 Å². The van der Waals surface area contributed by atoms with Crippen molar-refractivity contribution in [1.82, 2.24) is 5.32 Å². The molecule has 3 aromatic rings. The summed E-state index contributed by atoms with van der Waals surface area (Å²) in [5.41, 5.74) is 0.700. The SMILES string of the molecule is O=C(COc1ccc(Br)cc1/C=C1\C(=O)NC(=O)N(c2ccc(Br)cc2)C1=O)Nc1ccc(F)cc1. The quantitative estimate of drug-likeness (QED) is 0.298. The van der Waals surface area contributed by atoms with Gasteiger partial charge >= 0.3 is 6.03 Å². The van der Waals surface area contributed by atoms with Crippen LogP contribution in [0.25, 0.3) is 6.08 Å². The monoisotopic (exact) mass is 615 g/mol. The first-order chi connectivity index (χ1) is 17.2. The average molecular weight is 617 g/mol. The Morgan fingerprint density at radius 1 is 0.972 bits per heavy atom. The van der Waals surface area contributed by atoms with Crippen LogP contribution in [0.2, 0.25) is 0 Å². The second kappa shape index (κ2) is 10.8. The van der Waals surface area contributed by atoms with Crippen LogP contribution in [0.1, 0.15) is 5.56 Å². The van der Waals surface area contributed by atoms with Crippen molar-refractivity contribution in [3.05, 3.63) is 92.6 Å². The summed E-state index contributed by atoms with van der Waals surface area (Å²) in [5.74, 6) is -2.39. The smallest absolute Gasteiger partial charge is 0.335 e. The predicted octanol–water partition coefficient (Wildman–Crippen LogP) is 5.03. The van der Waals surface area contributed by atoms with Crippen LogP contribution in [-0.2, 0) is 14.4 Å². The van der Waals surface area contributed by atoms with E-state index in [0.29, 0.717) is 15.7 Å². The van der Waals surface area contributed by atoms with Gasteiger partial charge in [0.05, 0.1) is 5.69 Å². The van der Waals surface area contributed by atoms with Crippen molar-refractivity contribution in [3.63, 3.8) is 0 Å². The van der Waals surface area contributed by atoms with Gasteiger partial charge in [0, 0.05) is 20.2 Å². The Morgan fingerprint density at radius 3 is 2.33 bits per heavy atom. The van der Waals surface area contributed by atoms with Crippen LogP contribution in [0.15, 0.2) is 81.2 Å². The fraction of sp³-hybridized carbons (Fsp3) is 0.0400. The molecule has 11 heteroatoms. The second-order valence-electron chi connectivity index (χ2n) is 7.46. The molecule has 0 aromatic heterocycles. The molecule has 3 aromatic carbocycles. The van der Waals surface area contributed by atoms with E-state index in [4.69, 9.17) is 4.74 Å². The molecular formula is C25H16Br2FN3O5. The van der Waals surface area contributed by atoms with Crippen LogP contribution < -0.4 is 20.3 Å². The minimum absolute atomic E-state index is 0.215. The molecule has 0 spiro atoms. The van der Waals surface area contributed by atoms with Gasteiger partial charge in [-0.15, -0.1) is 0 Å². The number of hydrogen-bond acceptors (Lipinski definition) is 5. The molecule has 0 aliphatic carbocycles. The molecule has 0 bridgehead atoms. The normalized spacial score (nSPS) is 14.6. The summed E-state index contributed by atoms with van der Waals surface area (Å²) in [4.78, 5) is 51.2. The van der Waals surface area contributed by atoms with Gasteiger partial charge in [-0.1, -0.05) is 31.9 Å². The summed E-state index contributed by atoms with van der Waals surface area (Å²) < 4.78 is 20.1. The maximum atomic E-state index is 13.1. The number of carbonyl (C=O) groups excluding carboxylic acids is 4. The van der Waals surface area contributed by atoms with E-state index >= 15 is 0 Å². The Labute approximate surface area is 221 Å². The van der Waals surface area contributed by atoms with E-state index in [0.717, 1.165) is 9.37 Å². The first kappa shape index (κ1) is 25.3. The van der Waals surface area contributed by atoms with E-state index in [2.05, 4.69) is 42.5 Å². The molecule has 182 valence electrons. The molecular weight excluding hydrogens is 601 g/mol. The zero-order valence-electron chi connectivity index (χ0n) is 18.3. The number of carbonyl (C=O) groups is 4. The molecule has 8 nitrogen and oxygen atoms in total. The number of nitrogens with zero attached hydrogens (tertiary/aromatic N) is 1. The van der Waals surface area contributed by atoms with Crippen molar-refractivity contribution in [3.8, 4) is 5.75 Å². The second-order valence-corrected chi connectivity index (χ2v) is 9.29. The molecule has 5 amide bonds. The van der Waals surface area contributed by atoms with Crippen molar-refractivity contribution in [2.24, 2.45) is 0 Å². The fourth-order valence-corrected chi connectivity index (χ4v) is 3.92. The van der Waals surface area contributed by atoms with Crippen LogP contribution in [0.5, 0.6) is 5.75 Å². The van der Waals surface area contributed by atoms with E-state index in [1.165, 1.54) is 30.3 Å². The number of ether oxygens (including phenoxy) is 1. The highest BCUT2D eigenvalue weighted by molar-refractivity contribution is 9.10.